The van der Waals surface area contributed by atoms with Crippen molar-refractivity contribution in [3.8, 4) is 0 Å². The number of halogens is 4. The molecule has 0 bridgehead atoms. The molecule has 0 N–H and O–H groups in total. The van der Waals surface area contributed by atoms with E-state index in [0.717, 1.165) is 0 Å². The monoisotopic (exact) mass is 394 g/mol. The zero-order valence-electron chi connectivity index (χ0n) is 11.1. The highest BCUT2D eigenvalue weighted by atomic mass is 35.5. The Kier molecular flexibility index (Phi) is 5.64. The number of benzene rings is 1. The molecule has 2 rings (SSSR count). The molecule has 2 aromatic rings. The first-order chi connectivity index (χ1) is 10.8. The predicted molar refractivity (Wildman–Crippen MR) is 86.5 cm³/mol. The first-order valence-corrected chi connectivity index (χ1v) is 7.43. The average Bonchev–Trinajstić information content (AvgIpc) is 2.54. The van der Waals surface area contributed by atoms with E-state index in [0.29, 0.717) is 5.56 Å². The van der Waals surface area contributed by atoms with E-state index in [-0.39, 0.29) is 38.2 Å². The lowest BCUT2D eigenvalue weighted by Gasteiger charge is -2.08. The van der Waals surface area contributed by atoms with Crippen molar-refractivity contribution in [3.63, 3.8) is 0 Å². The van der Waals surface area contributed by atoms with Gasteiger partial charge in [0.25, 0.3) is 5.69 Å². The second-order valence-electron chi connectivity index (χ2n) is 4.20. The van der Waals surface area contributed by atoms with Gasteiger partial charge >= 0.3 is 5.97 Å². The Bertz CT molecular complexity index is 798. The average molecular weight is 396 g/mol. The maximum Gasteiger partial charge on any atom is 0.358 e. The maximum absolute atomic E-state index is 12.0. The van der Waals surface area contributed by atoms with E-state index in [1.165, 1.54) is 18.2 Å². The van der Waals surface area contributed by atoms with Gasteiger partial charge in [-0.3, -0.25) is 10.1 Å². The van der Waals surface area contributed by atoms with Gasteiger partial charge in [-0.2, -0.15) is 0 Å². The number of non-ortho nitro benzene ring substituents is 1. The van der Waals surface area contributed by atoms with Crippen LogP contribution in [0.3, 0.4) is 0 Å². The molecule has 1 heterocycles. The van der Waals surface area contributed by atoms with Crippen LogP contribution in [0.4, 0.5) is 5.69 Å². The van der Waals surface area contributed by atoms with Crippen LogP contribution < -0.4 is 0 Å². The van der Waals surface area contributed by atoms with Crippen molar-refractivity contribution in [2.45, 2.75) is 6.61 Å². The standard InChI is InChI=1S/C13H6Cl4N2O4/c14-8-9(15)11(18-12(17)10(8)16)13(20)23-5-6-2-1-3-7(4-6)19(21)22/h1-4H,5H2. The Labute approximate surface area is 150 Å². The summed E-state index contributed by atoms with van der Waals surface area (Å²) in [6, 6.07) is 5.65. The zero-order chi connectivity index (χ0) is 17.1. The summed E-state index contributed by atoms with van der Waals surface area (Å²) < 4.78 is 5.01. The normalized spacial score (nSPS) is 10.4. The van der Waals surface area contributed by atoms with Gasteiger partial charge in [-0.05, 0) is 5.56 Å². The van der Waals surface area contributed by atoms with Gasteiger partial charge in [0, 0.05) is 12.1 Å². The molecule has 0 saturated carbocycles. The van der Waals surface area contributed by atoms with Gasteiger partial charge in [-0.1, -0.05) is 58.5 Å². The highest BCUT2D eigenvalue weighted by molar-refractivity contribution is 6.52. The molecule has 0 aliphatic rings. The number of ether oxygens (including phenoxy) is 1. The lowest BCUT2D eigenvalue weighted by Crippen LogP contribution is -2.09. The molecule has 6 nitrogen and oxygen atoms in total. The first-order valence-electron chi connectivity index (χ1n) is 5.91. The van der Waals surface area contributed by atoms with Gasteiger partial charge in [0.2, 0.25) is 0 Å². The van der Waals surface area contributed by atoms with Crippen LogP contribution >= 0.6 is 46.4 Å². The number of carbonyl (C=O) groups excluding carboxylic acids is 1. The molecule has 0 saturated heterocycles. The number of nitrogens with zero attached hydrogens (tertiary/aromatic N) is 2. The van der Waals surface area contributed by atoms with Gasteiger partial charge in [-0.25, -0.2) is 9.78 Å². The second-order valence-corrected chi connectivity index (χ2v) is 5.69. The predicted octanol–water partition coefficient (Wildman–Crippen LogP) is 4.96. The Morgan fingerprint density at radius 3 is 2.52 bits per heavy atom. The number of aromatic nitrogens is 1. The van der Waals surface area contributed by atoms with E-state index in [9.17, 15) is 14.9 Å². The summed E-state index contributed by atoms with van der Waals surface area (Å²) in [5.74, 6) is -0.887. The highest BCUT2D eigenvalue weighted by Gasteiger charge is 2.21. The van der Waals surface area contributed by atoms with Gasteiger partial charge in [0.05, 0.1) is 20.0 Å². The maximum atomic E-state index is 12.0. The van der Waals surface area contributed by atoms with E-state index in [4.69, 9.17) is 51.1 Å². The minimum absolute atomic E-state index is 0.0754. The van der Waals surface area contributed by atoms with Crippen LogP contribution in [0.2, 0.25) is 20.2 Å². The van der Waals surface area contributed by atoms with Crippen LogP contribution in [0.5, 0.6) is 0 Å². The molecule has 23 heavy (non-hydrogen) atoms. The van der Waals surface area contributed by atoms with Crippen LogP contribution in [-0.2, 0) is 11.3 Å². The van der Waals surface area contributed by atoms with Crippen molar-refractivity contribution in [1.29, 1.82) is 0 Å². The number of esters is 1. The summed E-state index contributed by atoms with van der Waals surface area (Å²) in [6.45, 7) is -0.212. The number of rotatable bonds is 4. The van der Waals surface area contributed by atoms with Crippen molar-refractivity contribution in [2.24, 2.45) is 0 Å². The quantitative estimate of drug-likeness (QED) is 0.316. The molecule has 1 aromatic carbocycles. The zero-order valence-corrected chi connectivity index (χ0v) is 14.1. The van der Waals surface area contributed by atoms with Gasteiger partial charge in [-0.15, -0.1) is 0 Å². The number of hydrogen-bond acceptors (Lipinski definition) is 5. The third-order valence-electron chi connectivity index (χ3n) is 2.67. The van der Waals surface area contributed by atoms with Crippen molar-refractivity contribution >= 4 is 58.1 Å². The first kappa shape index (κ1) is 17.7. The van der Waals surface area contributed by atoms with Crippen LogP contribution in [0, 0.1) is 10.1 Å². The summed E-state index contributed by atoms with van der Waals surface area (Å²) in [6.07, 6.45) is 0. The van der Waals surface area contributed by atoms with Gasteiger partial charge < -0.3 is 4.74 Å². The van der Waals surface area contributed by atoms with E-state index in [2.05, 4.69) is 4.98 Å². The third kappa shape index (κ3) is 4.03. The fourth-order valence-electron chi connectivity index (χ4n) is 1.60. The molecular weight excluding hydrogens is 390 g/mol. The van der Waals surface area contributed by atoms with Crippen molar-refractivity contribution < 1.29 is 14.5 Å². The molecule has 120 valence electrons. The van der Waals surface area contributed by atoms with Crippen LogP contribution in [0.15, 0.2) is 24.3 Å². The summed E-state index contributed by atoms with van der Waals surface area (Å²) in [7, 11) is 0. The summed E-state index contributed by atoms with van der Waals surface area (Å²) in [4.78, 5) is 25.9. The third-order valence-corrected chi connectivity index (χ3v) is 4.35. The van der Waals surface area contributed by atoms with Gasteiger partial charge in [0.1, 0.15) is 11.8 Å². The van der Waals surface area contributed by atoms with Crippen molar-refractivity contribution in [3.05, 3.63) is 65.9 Å². The number of hydrogen-bond donors (Lipinski definition) is 0. The van der Waals surface area contributed by atoms with Crippen LogP contribution in [-0.4, -0.2) is 15.9 Å². The molecule has 0 aliphatic carbocycles. The number of nitro benzene ring substituents is 1. The Balaban J connectivity index is 2.18. The minimum atomic E-state index is -0.887. The molecule has 0 atom stereocenters. The highest BCUT2D eigenvalue weighted by Crippen LogP contribution is 2.36. The van der Waals surface area contributed by atoms with Crippen molar-refractivity contribution in [1.82, 2.24) is 4.98 Å². The molecule has 0 fully saturated rings. The largest absolute Gasteiger partial charge is 0.456 e. The van der Waals surface area contributed by atoms with Crippen LogP contribution in [0.25, 0.3) is 0 Å². The topological polar surface area (TPSA) is 82.3 Å². The molecule has 1 aromatic heterocycles. The van der Waals surface area contributed by atoms with Gasteiger partial charge in [0.15, 0.2) is 5.69 Å². The number of carbonyl (C=O) groups is 1. The lowest BCUT2D eigenvalue weighted by molar-refractivity contribution is -0.384. The Morgan fingerprint density at radius 2 is 1.87 bits per heavy atom. The Morgan fingerprint density at radius 1 is 1.17 bits per heavy atom. The van der Waals surface area contributed by atoms with Crippen LogP contribution in [0.1, 0.15) is 16.1 Å². The Hall–Kier alpha value is -1.60. The molecule has 0 amide bonds. The lowest BCUT2D eigenvalue weighted by atomic mass is 10.2. The minimum Gasteiger partial charge on any atom is -0.456 e. The summed E-state index contributed by atoms with van der Waals surface area (Å²) >= 11 is 23.2. The van der Waals surface area contributed by atoms with E-state index < -0.39 is 10.9 Å². The number of pyridine rings is 1. The van der Waals surface area contributed by atoms with E-state index in [1.54, 1.807) is 6.07 Å². The fraction of sp³-hybridized carbons (Fsp3) is 0.0769. The molecule has 0 spiro atoms. The molecule has 10 heteroatoms. The summed E-state index contributed by atoms with van der Waals surface area (Å²) in [5, 5.41) is 10.1. The number of nitro groups is 1. The second kappa shape index (κ2) is 7.31. The van der Waals surface area contributed by atoms with E-state index in [1.807, 2.05) is 0 Å². The van der Waals surface area contributed by atoms with Crippen molar-refractivity contribution in [2.75, 3.05) is 0 Å². The molecule has 0 unspecified atom stereocenters. The molecule has 0 aliphatic heterocycles. The summed E-state index contributed by atoms with van der Waals surface area (Å²) in [5.41, 5.74) is 0.0126. The van der Waals surface area contributed by atoms with E-state index >= 15 is 0 Å². The molecule has 0 radical (unpaired) electrons. The smallest absolute Gasteiger partial charge is 0.358 e. The molecular formula is C13H6Cl4N2O4. The fourth-order valence-corrected chi connectivity index (χ4v) is 2.40. The SMILES string of the molecule is O=C(OCc1cccc([N+](=O)[O-])c1)c1nc(Cl)c(Cl)c(Cl)c1Cl.